The maximum Gasteiger partial charge on any atom is 0.248 e. The summed E-state index contributed by atoms with van der Waals surface area (Å²) in [6.45, 7) is 1.66. The van der Waals surface area contributed by atoms with Crippen LogP contribution in [0.2, 0.25) is 0 Å². The molecule has 0 radical (unpaired) electrons. The van der Waals surface area contributed by atoms with Crippen molar-refractivity contribution in [1.29, 1.82) is 0 Å². The highest BCUT2D eigenvalue weighted by Gasteiger charge is 2.43. The second-order valence-electron chi connectivity index (χ2n) is 5.77. The van der Waals surface area contributed by atoms with Gasteiger partial charge < -0.3 is 30.8 Å². The Hall–Kier alpha value is -1.67. The minimum atomic E-state index is -1.19. The van der Waals surface area contributed by atoms with Crippen molar-refractivity contribution >= 4 is 6.08 Å². The van der Waals surface area contributed by atoms with Crippen LogP contribution in [-0.2, 0) is 4.74 Å². The minimum absolute atomic E-state index is 0.296. The van der Waals surface area contributed by atoms with Crippen molar-refractivity contribution in [3.63, 3.8) is 0 Å². The van der Waals surface area contributed by atoms with Crippen LogP contribution in [-0.4, -0.2) is 45.2 Å². The number of aromatic amines is 1. The molecule has 0 aliphatic carbocycles. The number of allylic oxidation sites excluding steroid dienone is 1. The van der Waals surface area contributed by atoms with Crippen molar-refractivity contribution in [1.82, 2.24) is 4.98 Å². The summed E-state index contributed by atoms with van der Waals surface area (Å²) in [7, 11) is 0. The average molecular weight is 324 g/mol. The van der Waals surface area contributed by atoms with E-state index in [1.165, 1.54) is 12.1 Å². The quantitative estimate of drug-likeness (QED) is 0.502. The van der Waals surface area contributed by atoms with Crippen LogP contribution < -0.4 is 11.3 Å². The number of nitrogens with one attached hydrogen (secondary N) is 1. The first-order valence-corrected chi connectivity index (χ1v) is 7.79. The topological polar surface area (TPSA) is 129 Å². The fourth-order valence-electron chi connectivity index (χ4n) is 2.66. The summed E-state index contributed by atoms with van der Waals surface area (Å²) in [4.78, 5) is 14.3. The molecular weight excluding hydrogens is 300 g/mol. The van der Waals surface area contributed by atoms with Gasteiger partial charge in [-0.25, -0.2) is 0 Å². The Morgan fingerprint density at radius 1 is 1.39 bits per heavy atom. The highest BCUT2D eigenvalue weighted by Crippen LogP contribution is 2.34. The molecule has 6 N–H and O–H groups in total. The van der Waals surface area contributed by atoms with Gasteiger partial charge in [0.15, 0.2) is 0 Å². The van der Waals surface area contributed by atoms with Crippen LogP contribution in [0.25, 0.3) is 6.08 Å². The summed E-state index contributed by atoms with van der Waals surface area (Å²) in [6.07, 6.45) is 0.197. The van der Waals surface area contributed by atoms with Crippen LogP contribution >= 0.6 is 0 Å². The fourth-order valence-corrected chi connectivity index (χ4v) is 2.66. The predicted octanol–water partition coefficient (Wildman–Crippen LogP) is 0.0187. The second-order valence-corrected chi connectivity index (χ2v) is 5.77. The highest BCUT2D eigenvalue weighted by atomic mass is 16.6. The van der Waals surface area contributed by atoms with E-state index in [1.54, 1.807) is 6.08 Å². The Labute approximate surface area is 134 Å². The Morgan fingerprint density at radius 2 is 2.13 bits per heavy atom. The smallest absolute Gasteiger partial charge is 0.248 e. The van der Waals surface area contributed by atoms with E-state index in [4.69, 9.17) is 10.5 Å². The molecule has 4 atom stereocenters. The molecular formula is C16H24N2O5. The Bertz CT molecular complexity index is 613. The van der Waals surface area contributed by atoms with Gasteiger partial charge in [0.05, 0.1) is 6.61 Å². The molecule has 2 heterocycles. The lowest BCUT2D eigenvalue weighted by molar-refractivity contribution is -0.0229. The van der Waals surface area contributed by atoms with E-state index in [-0.39, 0.29) is 5.56 Å². The van der Waals surface area contributed by atoms with Gasteiger partial charge in [-0.05, 0) is 25.0 Å². The molecule has 1 aliphatic heterocycles. The van der Waals surface area contributed by atoms with E-state index in [2.05, 4.69) is 11.9 Å². The van der Waals surface area contributed by atoms with Gasteiger partial charge in [-0.3, -0.25) is 4.79 Å². The lowest BCUT2D eigenvalue weighted by Crippen LogP contribution is -2.32. The van der Waals surface area contributed by atoms with Gasteiger partial charge in [0.1, 0.15) is 24.4 Å². The maximum atomic E-state index is 11.6. The van der Waals surface area contributed by atoms with Gasteiger partial charge >= 0.3 is 0 Å². The van der Waals surface area contributed by atoms with Crippen LogP contribution in [0.1, 0.15) is 43.5 Å². The minimum Gasteiger partial charge on any atom is -0.402 e. The molecule has 1 fully saturated rings. The molecule has 0 amide bonds. The third-order valence-electron chi connectivity index (χ3n) is 3.98. The molecule has 0 aromatic carbocycles. The van der Waals surface area contributed by atoms with E-state index < -0.39 is 31.0 Å². The van der Waals surface area contributed by atoms with Gasteiger partial charge in [0, 0.05) is 23.0 Å². The zero-order valence-corrected chi connectivity index (χ0v) is 13.1. The van der Waals surface area contributed by atoms with Crippen LogP contribution in [0.4, 0.5) is 0 Å². The first kappa shape index (κ1) is 17.7. The summed E-state index contributed by atoms with van der Waals surface area (Å²) in [5.41, 5.74) is 7.25. The predicted molar refractivity (Wildman–Crippen MR) is 85.5 cm³/mol. The summed E-state index contributed by atoms with van der Waals surface area (Å²) < 4.78 is 5.52. The SMILES string of the molecule is CCCCC(N)=Cc1[nH]c(=O)ccc1[C@@H]1O[C@H](CO)[C@@H](O)[C@H]1O. The number of ether oxygens (including phenoxy) is 1. The molecule has 0 unspecified atom stereocenters. The van der Waals surface area contributed by atoms with Crippen molar-refractivity contribution in [3.05, 3.63) is 39.4 Å². The number of hydrogen-bond donors (Lipinski definition) is 5. The Kier molecular flexibility index (Phi) is 5.95. The molecule has 1 aromatic heterocycles. The normalized spacial score (nSPS) is 28.3. The van der Waals surface area contributed by atoms with Crippen molar-refractivity contribution < 1.29 is 20.1 Å². The molecule has 1 aromatic rings. The molecule has 7 nitrogen and oxygen atoms in total. The average Bonchev–Trinajstić information content (AvgIpc) is 2.81. The first-order chi connectivity index (χ1) is 11.0. The first-order valence-electron chi connectivity index (χ1n) is 7.79. The lowest BCUT2D eigenvalue weighted by Gasteiger charge is -2.17. The molecule has 0 spiro atoms. The van der Waals surface area contributed by atoms with E-state index in [0.29, 0.717) is 23.4 Å². The third kappa shape index (κ3) is 4.00. The number of unbranched alkanes of at least 4 members (excludes halogenated alkanes) is 1. The van der Waals surface area contributed by atoms with Crippen LogP contribution in [0.15, 0.2) is 22.6 Å². The number of pyridine rings is 1. The van der Waals surface area contributed by atoms with Gasteiger partial charge in [-0.2, -0.15) is 0 Å². The number of aliphatic hydroxyl groups excluding tert-OH is 3. The standard InChI is InChI=1S/C16H24N2O5/c1-2-3-4-9(17)7-11-10(5-6-13(20)18-11)16-15(22)14(21)12(8-19)23-16/h5-7,12,14-16,19,21-22H,2-4,8,17H2,1H3,(H,18,20)/t12-,14-,15-,16+/m1/s1. The second kappa shape index (κ2) is 7.74. The summed E-state index contributed by atoms with van der Waals surface area (Å²) in [5, 5.41) is 29.2. The van der Waals surface area contributed by atoms with E-state index in [0.717, 1.165) is 12.8 Å². The summed E-state index contributed by atoms with van der Waals surface area (Å²) >= 11 is 0. The number of H-pyrrole nitrogens is 1. The maximum absolute atomic E-state index is 11.6. The monoisotopic (exact) mass is 324 g/mol. The van der Waals surface area contributed by atoms with E-state index in [1.807, 2.05) is 0 Å². The van der Waals surface area contributed by atoms with Crippen molar-refractivity contribution in [2.24, 2.45) is 5.73 Å². The number of nitrogens with two attached hydrogens (primary N) is 1. The van der Waals surface area contributed by atoms with Crippen LogP contribution in [0, 0.1) is 0 Å². The number of aliphatic hydroxyl groups is 3. The van der Waals surface area contributed by atoms with Crippen molar-refractivity contribution in [2.45, 2.75) is 50.6 Å². The number of aromatic nitrogens is 1. The number of hydrogen-bond acceptors (Lipinski definition) is 6. The molecule has 0 saturated carbocycles. The Balaban J connectivity index is 2.34. The highest BCUT2D eigenvalue weighted by molar-refractivity contribution is 5.53. The molecule has 1 saturated heterocycles. The summed E-state index contributed by atoms with van der Waals surface area (Å²) in [6, 6.07) is 2.86. The summed E-state index contributed by atoms with van der Waals surface area (Å²) in [5.74, 6) is 0. The zero-order valence-electron chi connectivity index (χ0n) is 13.1. The van der Waals surface area contributed by atoms with E-state index >= 15 is 0 Å². The number of rotatable bonds is 6. The van der Waals surface area contributed by atoms with Crippen LogP contribution in [0.5, 0.6) is 0 Å². The zero-order chi connectivity index (χ0) is 17.0. The van der Waals surface area contributed by atoms with Gasteiger partial charge in [0.25, 0.3) is 0 Å². The fraction of sp³-hybridized carbons (Fsp3) is 0.562. The molecule has 0 bridgehead atoms. The Morgan fingerprint density at radius 3 is 2.74 bits per heavy atom. The third-order valence-corrected chi connectivity index (χ3v) is 3.98. The molecule has 23 heavy (non-hydrogen) atoms. The van der Waals surface area contributed by atoms with Gasteiger partial charge in [-0.1, -0.05) is 13.3 Å². The van der Waals surface area contributed by atoms with Crippen LogP contribution in [0.3, 0.4) is 0 Å². The molecule has 7 heteroatoms. The largest absolute Gasteiger partial charge is 0.402 e. The molecule has 1 aliphatic rings. The van der Waals surface area contributed by atoms with Gasteiger partial charge in [-0.15, -0.1) is 0 Å². The lowest BCUT2D eigenvalue weighted by atomic mass is 9.99. The molecule has 128 valence electrons. The van der Waals surface area contributed by atoms with Gasteiger partial charge in [0.2, 0.25) is 5.56 Å². The molecule has 2 rings (SSSR count). The van der Waals surface area contributed by atoms with Crippen molar-refractivity contribution in [3.8, 4) is 0 Å². The van der Waals surface area contributed by atoms with E-state index in [9.17, 15) is 20.1 Å². The van der Waals surface area contributed by atoms with Crippen molar-refractivity contribution in [2.75, 3.05) is 6.61 Å².